The molecule has 0 fully saturated rings. The maximum absolute atomic E-state index is 6.39. The zero-order chi connectivity index (χ0) is 28.4. The fourth-order valence-electron chi connectivity index (χ4n) is 6.02. The minimum atomic E-state index is -0.180. The van der Waals surface area contributed by atoms with Gasteiger partial charge in [0.05, 0.1) is 31.5 Å². The number of para-hydroxylation sites is 4. The summed E-state index contributed by atoms with van der Waals surface area (Å²) in [6, 6.07) is 34.4. The Morgan fingerprint density at radius 3 is 1.86 bits per heavy atom. The Balaban J connectivity index is 1.37. The second kappa shape index (κ2) is 9.49. The van der Waals surface area contributed by atoms with Crippen LogP contribution in [0.1, 0.15) is 5.82 Å². The first kappa shape index (κ1) is 24.7. The number of hydrogen-bond donors (Lipinski definition) is 0. The van der Waals surface area contributed by atoms with Crippen molar-refractivity contribution in [1.82, 2.24) is 24.5 Å². The molecule has 3 aromatic heterocycles. The van der Waals surface area contributed by atoms with Crippen molar-refractivity contribution < 1.29 is 4.57 Å². The lowest BCUT2D eigenvalue weighted by molar-refractivity contribution is -0.655. The van der Waals surface area contributed by atoms with Crippen molar-refractivity contribution in [1.29, 1.82) is 0 Å². The number of imidazole rings is 1. The summed E-state index contributed by atoms with van der Waals surface area (Å²) in [5, 5.41) is 0.632. The van der Waals surface area contributed by atoms with Gasteiger partial charge in [0.1, 0.15) is 11.7 Å². The smallest absolute Gasteiger partial charge is 0.301 e. The van der Waals surface area contributed by atoms with Gasteiger partial charge < -0.3 is 9.80 Å². The standard InChI is InChI=1S/C33H26ClN8/c1-39-28(40(2)31-30(39)35-24-15-9-10-16-25(24)36-31)20-29-41(22-11-5-3-6-12-22)32-33(42(29)23-13-7-4-8-14-23)38-27-19-21(34)17-18-26(27)37-32/h3-19,29H,20H2,1-2H3/q+1. The molecule has 0 aliphatic carbocycles. The van der Waals surface area contributed by atoms with Gasteiger partial charge >= 0.3 is 5.65 Å². The molecular weight excluding hydrogens is 544 g/mol. The molecule has 1 aliphatic rings. The highest BCUT2D eigenvalue weighted by Crippen LogP contribution is 2.47. The minimum Gasteiger partial charge on any atom is -0.301 e. The van der Waals surface area contributed by atoms with Gasteiger partial charge in [-0.2, -0.15) is 0 Å². The molecule has 0 N–H and O–H groups in total. The Hall–Kier alpha value is -5.08. The van der Waals surface area contributed by atoms with E-state index in [9.17, 15) is 0 Å². The molecule has 0 bridgehead atoms. The van der Waals surface area contributed by atoms with Gasteiger partial charge in [-0.15, -0.1) is 0 Å². The van der Waals surface area contributed by atoms with Crippen molar-refractivity contribution in [2.45, 2.75) is 12.6 Å². The summed E-state index contributed by atoms with van der Waals surface area (Å²) in [4.78, 5) is 24.9. The summed E-state index contributed by atoms with van der Waals surface area (Å²) in [5.74, 6) is 2.66. The van der Waals surface area contributed by atoms with E-state index in [0.29, 0.717) is 11.4 Å². The van der Waals surface area contributed by atoms with Crippen molar-refractivity contribution >= 4 is 68.0 Å². The molecule has 4 heterocycles. The molecule has 8 rings (SSSR count). The zero-order valence-corrected chi connectivity index (χ0v) is 23.8. The Morgan fingerprint density at radius 1 is 0.667 bits per heavy atom. The summed E-state index contributed by atoms with van der Waals surface area (Å²) >= 11 is 6.39. The van der Waals surface area contributed by atoms with Crippen LogP contribution in [0.4, 0.5) is 23.0 Å². The Morgan fingerprint density at radius 2 is 1.21 bits per heavy atom. The lowest BCUT2D eigenvalue weighted by Crippen LogP contribution is -2.45. The molecule has 0 amide bonds. The summed E-state index contributed by atoms with van der Waals surface area (Å²) in [6.45, 7) is 0. The summed E-state index contributed by atoms with van der Waals surface area (Å²) in [6.07, 6.45) is 0.459. The van der Waals surface area contributed by atoms with E-state index in [0.717, 1.165) is 62.2 Å². The minimum absolute atomic E-state index is 0.180. The molecular formula is C33H26ClN8+. The second-order valence-electron chi connectivity index (χ2n) is 10.5. The molecule has 1 aliphatic heterocycles. The van der Waals surface area contributed by atoms with Crippen LogP contribution >= 0.6 is 11.6 Å². The van der Waals surface area contributed by atoms with E-state index in [1.807, 2.05) is 54.6 Å². The van der Waals surface area contributed by atoms with Gasteiger partial charge in [-0.25, -0.2) is 24.1 Å². The monoisotopic (exact) mass is 569 g/mol. The predicted molar refractivity (Wildman–Crippen MR) is 166 cm³/mol. The number of fused-ring (bicyclic) bond motifs is 4. The average molecular weight is 570 g/mol. The first-order valence-corrected chi connectivity index (χ1v) is 14.2. The fourth-order valence-corrected chi connectivity index (χ4v) is 6.18. The van der Waals surface area contributed by atoms with Crippen LogP contribution in [-0.2, 0) is 20.5 Å². The molecule has 1 atom stereocenters. The lowest BCUT2D eigenvalue weighted by atomic mass is 10.2. The highest BCUT2D eigenvalue weighted by atomic mass is 35.5. The lowest BCUT2D eigenvalue weighted by Gasteiger charge is -2.31. The highest BCUT2D eigenvalue weighted by Gasteiger charge is 2.42. The maximum Gasteiger partial charge on any atom is 0.322 e. The topological polar surface area (TPSA) is 66.9 Å². The maximum atomic E-state index is 6.39. The van der Waals surface area contributed by atoms with Gasteiger partial charge in [0, 0.05) is 16.4 Å². The molecule has 8 nitrogen and oxygen atoms in total. The Bertz CT molecular complexity index is 2070. The molecule has 4 aromatic carbocycles. The fraction of sp³-hybridized carbons (Fsp3) is 0.121. The van der Waals surface area contributed by atoms with Crippen LogP contribution in [0.25, 0.3) is 33.4 Å². The summed E-state index contributed by atoms with van der Waals surface area (Å²) in [7, 11) is 4.13. The van der Waals surface area contributed by atoms with Crippen molar-refractivity contribution in [2.24, 2.45) is 14.1 Å². The third-order valence-corrected chi connectivity index (χ3v) is 8.26. The first-order valence-electron chi connectivity index (χ1n) is 13.8. The van der Waals surface area contributed by atoms with Gasteiger partial charge in [-0.05, 0) is 54.6 Å². The molecule has 1 unspecified atom stereocenters. The third kappa shape index (κ3) is 3.79. The Kier molecular flexibility index (Phi) is 5.58. The predicted octanol–water partition coefficient (Wildman–Crippen LogP) is 6.40. The molecule has 204 valence electrons. The molecule has 9 heteroatoms. The molecule has 7 aromatic rings. The van der Waals surface area contributed by atoms with Gasteiger partial charge in [0.25, 0.3) is 5.65 Å². The van der Waals surface area contributed by atoms with E-state index < -0.39 is 0 Å². The SMILES string of the molecule is Cn1c(CC2N(c3ccccc3)c3nc4ccc(Cl)cc4nc3N2c2ccccc2)[n+](C)c2nc3ccccc3nc21. The van der Waals surface area contributed by atoms with Crippen LogP contribution in [0.15, 0.2) is 103 Å². The van der Waals surface area contributed by atoms with E-state index >= 15 is 0 Å². The zero-order valence-electron chi connectivity index (χ0n) is 23.1. The van der Waals surface area contributed by atoms with Crippen molar-refractivity contribution in [3.63, 3.8) is 0 Å². The number of anilines is 4. The molecule has 0 radical (unpaired) electrons. The normalized spacial score (nSPS) is 14.8. The van der Waals surface area contributed by atoms with E-state index in [1.165, 1.54) is 0 Å². The van der Waals surface area contributed by atoms with Gasteiger partial charge in [-0.3, -0.25) is 0 Å². The van der Waals surface area contributed by atoms with Gasteiger partial charge in [0.2, 0.25) is 5.82 Å². The van der Waals surface area contributed by atoms with Crippen LogP contribution in [0.2, 0.25) is 5.02 Å². The van der Waals surface area contributed by atoms with E-state index in [2.05, 4.69) is 81.6 Å². The van der Waals surface area contributed by atoms with Crippen LogP contribution in [-0.4, -0.2) is 30.7 Å². The van der Waals surface area contributed by atoms with Gasteiger partial charge in [0.15, 0.2) is 17.2 Å². The number of nitrogens with zero attached hydrogens (tertiary/aromatic N) is 8. The van der Waals surface area contributed by atoms with Crippen molar-refractivity contribution in [3.05, 3.63) is 114 Å². The summed E-state index contributed by atoms with van der Waals surface area (Å²) in [5.41, 5.74) is 7.05. The van der Waals surface area contributed by atoms with Crippen molar-refractivity contribution in [3.8, 4) is 0 Å². The molecule has 42 heavy (non-hydrogen) atoms. The largest absolute Gasteiger partial charge is 0.322 e. The molecule has 0 saturated carbocycles. The number of hydrogen-bond acceptors (Lipinski definition) is 6. The number of aromatic nitrogens is 6. The van der Waals surface area contributed by atoms with Gasteiger partial charge in [-0.1, -0.05) is 65.1 Å². The third-order valence-electron chi connectivity index (χ3n) is 8.02. The average Bonchev–Trinajstić information content (AvgIpc) is 3.45. The van der Waals surface area contributed by atoms with Crippen molar-refractivity contribution in [2.75, 3.05) is 9.80 Å². The highest BCUT2D eigenvalue weighted by molar-refractivity contribution is 6.31. The number of rotatable bonds is 4. The second-order valence-corrected chi connectivity index (χ2v) is 10.9. The van der Waals surface area contributed by atoms with Crippen LogP contribution in [0.3, 0.4) is 0 Å². The van der Waals surface area contributed by atoms with Crippen LogP contribution < -0.4 is 14.4 Å². The molecule has 0 saturated heterocycles. The van der Waals surface area contributed by atoms with Crippen LogP contribution in [0.5, 0.6) is 0 Å². The number of benzene rings is 4. The van der Waals surface area contributed by atoms with E-state index in [4.69, 9.17) is 31.5 Å². The van der Waals surface area contributed by atoms with Crippen LogP contribution in [0, 0.1) is 0 Å². The summed E-state index contributed by atoms with van der Waals surface area (Å²) < 4.78 is 4.31. The number of halogens is 1. The van der Waals surface area contributed by atoms with E-state index in [-0.39, 0.29) is 6.17 Å². The Labute approximate surface area is 247 Å². The molecule has 0 spiro atoms. The number of aryl methyl sites for hydroxylation is 2. The van der Waals surface area contributed by atoms with E-state index in [1.54, 1.807) is 0 Å². The quantitative estimate of drug-likeness (QED) is 0.228. The first-order chi connectivity index (χ1) is 20.6.